The van der Waals surface area contributed by atoms with E-state index in [0.717, 1.165) is 26.2 Å². The monoisotopic (exact) mass is 283 g/mol. The van der Waals surface area contributed by atoms with Crippen LogP contribution in [0.15, 0.2) is 29.2 Å². The predicted octanol–water partition coefficient (Wildman–Crippen LogP) is 2.32. The number of ether oxygens (including phenoxy) is 1. The molecule has 1 atom stereocenters. The van der Waals surface area contributed by atoms with E-state index < -0.39 is 9.84 Å². The molecule has 1 saturated heterocycles. The topological polar surface area (TPSA) is 55.4 Å². The number of benzene rings is 1. The minimum atomic E-state index is -3.18. The standard InChI is InChI=1S/C14H21NO3S/c1-2-9-19(16,17)14-6-4-3-5-13(14)15-10-12-7-8-18-11-12/h3-6,12,15H,2,7-11H2,1H3. The Morgan fingerprint density at radius 3 is 2.84 bits per heavy atom. The van der Waals surface area contributed by atoms with Crippen molar-refractivity contribution in [3.05, 3.63) is 24.3 Å². The second-order valence-corrected chi connectivity index (χ2v) is 7.00. The van der Waals surface area contributed by atoms with Crippen molar-refractivity contribution in [3.8, 4) is 0 Å². The fraction of sp³-hybridized carbons (Fsp3) is 0.571. The van der Waals surface area contributed by atoms with Crippen molar-refractivity contribution in [2.24, 2.45) is 5.92 Å². The van der Waals surface area contributed by atoms with Crippen LogP contribution in [0.4, 0.5) is 5.69 Å². The number of hydrogen-bond donors (Lipinski definition) is 1. The Balaban J connectivity index is 2.11. The molecule has 0 spiro atoms. The average molecular weight is 283 g/mol. The van der Waals surface area contributed by atoms with Gasteiger partial charge in [-0.25, -0.2) is 8.42 Å². The molecule has 1 fully saturated rings. The molecule has 0 bridgehead atoms. The minimum Gasteiger partial charge on any atom is -0.384 e. The largest absolute Gasteiger partial charge is 0.384 e. The van der Waals surface area contributed by atoms with E-state index in [1.165, 1.54) is 0 Å². The average Bonchev–Trinajstić information content (AvgIpc) is 2.90. The fourth-order valence-corrected chi connectivity index (χ4v) is 3.78. The van der Waals surface area contributed by atoms with Crippen molar-refractivity contribution < 1.29 is 13.2 Å². The summed E-state index contributed by atoms with van der Waals surface area (Å²) >= 11 is 0. The van der Waals surface area contributed by atoms with Crippen LogP contribution in [0.1, 0.15) is 19.8 Å². The molecule has 1 unspecified atom stereocenters. The van der Waals surface area contributed by atoms with E-state index in [2.05, 4.69) is 5.32 Å². The van der Waals surface area contributed by atoms with E-state index >= 15 is 0 Å². The molecular formula is C14H21NO3S. The van der Waals surface area contributed by atoms with Gasteiger partial charge in [-0.05, 0) is 25.0 Å². The first-order chi connectivity index (χ1) is 9.13. The van der Waals surface area contributed by atoms with Crippen molar-refractivity contribution in [2.45, 2.75) is 24.7 Å². The molecule has 1 aromatic carbocycles. The van der Waals surface area contributed by atoms with Gasteiger partial charge in [0.1, 0.15) is 0 Å². The summed E-state index contributed by atoms with van der Waals surface area (Å²) in [6.45, 7) is 4.21. The molecule has 1 aromatic rings. The highest BCUT2D eigenvalue weighted by atomic mass is 32.2. The summed E-state index contributed by atoms with van der Waals surface area (Å²) in [5, 5.41) is 3.26. The zero-order valence-corrected chi connectivity index (χ0v) is 12.1. The van der Waals surface area contributed by atoms with Gasteiger partial charge in [0.2, 0.25) is 0 Å². The van der Waals surface area contributed by atoms with Crippen LogP contribution in [0.5, 0.6) is 0 Å². The smallest absolute Gasteiger partial charge is 0.180 e. The summed E-state index contributed by atoms with van der Waals surface area (Å²) in [5.41, 5.74) is 0.711. The van der Waals surface area contributed by atoms with E-state index in [9.17, 15) is 8.42 Å². The molecule has 19 heavy (non-hydrogen) atoms. The molecular weight excluding hydrogens is 262 g/mol. The van der Waals surface area contributed by atoms with E-state index in [-0.39, 0.29) is 5.75 Å². The molecule has 0 saturated carbocycles. The molecule has 5 heteroatoms. The number of para-hydroxylation sites is 1. The summed E-state index contributed by atoms with van der Waals surface area (Å²) in [6.07, 6.45) is 1.67. The van der Waals surface area contributed by atoms with Crippen molar-refractivity contribution in [2.75, 3.05) is 30.8 Å². The van der Waals surface area contributed by atoms with Gasteiger partial charge in [-0.3, -0.25) is 0 Å². The van der Waals surface area contributed by atoms with Gasteiger partial charge in [0, 0.05) is 19.1 Å². The third-order valence-corrected chi connectivity index (χ3v) is 5.27. The lowest BCUT2D eigenvalue weighted by atomic mass is 10.1. The molecule has 0 amide bonds. The maximum atomic E-state index is 12.2. The van der Waals surface area contributed by atoms with Crippen LogP contribution < -0.4 is 5.32 Å². The normalized spacial score (nSPS) is 19.5. The molecule has 0 aliphatic carbocycles. The van der Waals surface area contributed by atoms with Gasteiger partial charge in [0.15, 0.2) is 9.84 Å². The molecule has 1 heterocycles. The lowest BCUT2D eigenvalue weighted by Gasteiger charge is -2.14. The number of hydrogen-bond acceptors (Lipinski definition) is 4. The predicted molar refractivity (Wildman–Crippen MR) is 76.2 cm³/mol. The van der Waals surface area contributed by atoms with E-state index in [4.69, 9.17) is 4.74 Å². The van der Waals surface area contributed by atoms with Crippen LogP contribution in [-0.2, 0) is 14.6 Å². The van der Waals surface area contributed by atoms with Crippen molar-refractivity contribution in [1.29, 1.82) is 0 Å². The Morgan fingerprint density at radius 1 is 1.37 bits per heavy atom. The highest BCUT2D eigenvalue weighted by Gasteiger charge is 2.19. The van der Waals surface area contributed by atoms with Crippen LogP contribution in [0, 0.1) is 5.92 Å². The highest BCUT2D eigenvalue weighted by Crippen LogP contribution is 2.23. The summed E-state index contributed by atoms with van der Waals surface area (Å²) in [5.74, 6) is 0.667. The molecule has 0 aromatic heterocycles. The molecule has 106 valence electrons. The van der Waals surface area contributed by atoms with Crippen LogP contribution >= 0.6 is 0 Å². The Labute approximate surface area is 115 Å². The van der Waals surface area contributed by atoms with Crippen LogP contribution in [0.3, 0.4) is 0 Å². The number of sulfone groups is 1. The third-order valence-electron chi connectivity index (χ3n) is 3.30. The lowest BCUT2D eigenvalue weighted by Crippen LogP contribution is -2.16. The van der Waals surface area contributed by atoms with Gasteiger partial charge in [-0.15, -0.1) is 0 Å². The number of rotatable bonds is 6. The van der Waals surface area contributed by atoms with E-state index in [1.807, 2.05) is 19.1 Å². The van der Waals surface area contributed by atoms with Gasteiger partial charge in [0.05, 0.1) is 22.9 Å². The van der Waals surface area contributed by atoms with Gasteiger partial charge in [-0.1, -0.05) is 19.1 Å². The van der Waals surface area contributed by atoms with E-state index in [0.29, 0.717) is 22.9 Å². The third kappa shape index (κ3) is 3.70. The van der Waals surface area contributed by atoms with Gasteiger partial charge in [0.25, 0.3) is 0 Å². The number of anilines is 1. The Kier molecular flexibility index (Phi) is 4.82. The Morgan fingerprint density at radius 2 is 2.16 bits per heavy atom. The first kappa shape index (κ1) is 14.3. The van der Waals surface area contributed by atoms with Gasteiger partial charge < -0.3 is 10.1 Å². The van der Waals surface area contributed by atoms with Crippen LogP contribution in [-0.4, -0.2) is 33.9 Å². The Hall–Kier alpha value is -1.07. The molecule has 1 N–H and O–H groups in total. The van der Waals surface area contributed by atoms with Gasteiger partial charge >= 0.3 is 0 Å². The highest BCUT2D eigenvalue weighted by molar-refractivity contribution is 7.91. The van der Waals surface area contributed by atoms with Crippen molar-refractivity contribution in [1.82, 2.24) is 0 Å². The maximum Gasteiger partial charge on any atom is 0.180 e. The summed E-state index contributed by atoms with van der Waals surface area (Å²) in [4.78, 5) is 0.413. The quantitative estimate of drug-likeness (QED) is 0.870. The minimum absolute atomic E-state index is 0.193. The van der Waals surface area contributed by atoms with Crippen LogP contribution in [0.2, 0.25) is 0 Å². The summed E-state index contributed by atoms with van der Waals surface area (Å²) in [6, 6.07) is 7.14. The van der Waals surface area contributed by atoms with Gasteiger partial charge in [-0.2, -0.15) is 0 Å². The first-order valence-corrected chi connectivity index (χ1v) is 8.42. The summed E-state index contributed by atoms with van der Waals surface area (Å²) < 4.78 is 29.7. The van der Waals surface area contributed by atoms with Crippen molar-refractivity contribution in [3.63, 3.8) is 0 Å². The first-order valence-electron chi connectivity index (χ1n) is 6.77. The SMILES string of the molecule is CCCS(=O)(=O)c1ccccc1NCC1CCOC1. The fourth-order valence-electron chi connectivity index (χ4n) is 2.26. The summed E-state index contributed by atoms with van der Waals surface area (Å²) in [7, 11) is -3.18. The molecule has 1 aliphatic rings. The van der Waals surface area contributed by atoms with E-state index in [1.54, 1.807) is 12.1 Å². The zero-order valence-electron chi connectivity index (χ0n) is 11.3. The van der Waals surface area contributed by atoms with Crippen LogP contribution in [0.25, 0.3) is 0 Å². The second kappa shape index (κ2) is 6.39. The molecule has 2 rings (SSSR count). The lowest BCUT2D eigenvalue weighted by molar-refractivity contribution is 0.187. The Bertz CT molecular complexity index is 507. The van der Waals surface area contributed by atoms with Crippen molar-refractivity contribution >= 4 is 15.5 Å². The second-order valence-electron chi connectivity index (χ2n) is 4.93. The molecule has 1 aliphatic heterocycles. The number of nitrogens with one attached hydrogen (secondary N) is 1. The molecule has 4 nitrogen and oxygen atoms in total. The molecule has 0 radical (unpaired) electrons. The zero-order chi connectivity index (χ0) is 13.7. The maximum absolute atomic E-state index is 12.2.